The molecule has 0 amide bonds. The van der Waals surface area contributed by atoms with Gasteiger partial charge >= 0.3 is 0 Å². The highest BCUT2D eigenvalue weighted by atomic mass is 35.5. The third-order valence-corrected chi connectivity index (χ3v) is 4.81. The number of carbonyl (C=O) groups excluding carboxylic acids is 1. The van der Waals surface area contributed by atoms with Gasteiger partial charge in [0.25, 0.3) is 0 Å². The summed E-state index contributed by atoms with van der Waals surface area (Å²) in [5, 5.41) is 1.55. The minimum atomic E-state index is -0.0304. The molecule has 23 heavy (non-hydrogen) atoms. The van der Waals surface area contributed by atoms with E-state index >= 15 is 0 Å². The molecule has 1 aromatic heterocycles. The van der Waals surface area contributed by atoms with Gasteiger partial charge in [-0.3, -0.25) is 4.79 Å². The van der Waals surface area contributed by atoms with Gasteiger partial charge in [0, 0.05) is 10.6 Å². The van der Waals surface area contributed by atoms with Crippen LogP contribution in [0, 0.1) is 6.92 Å². The van der Waals surface area contributed by atoms with E-state index in [9.17, 15) is 4.79 Å². The molecule has 0 saturated carbocycles. The largest absolute Gasteiger partial charge is 0.288 e. The van der Waals surface area contributed by atoms with Crippen LogP contribution >= 0.6 is 22.9 Å². The van der Waals surface area contributed by atoms with E-state index in [-0.39, 0.29) is 5.78 Å². The van der Waals surface area contributed by atoms with Crippen molar-refractivity contribution in [3.05, 3.63) is 81.8 Å². The van der Waals surface area contributed by atoms with E-state index in [1.807, 2.05) is 49.4 Å². The van der Waals surface area contributed by atoms with Crippen LogP contribution in [-0.4, -0.2) is 10.8 Å². The first-order chi connectivity index (χ1) is 11.1. The van der Waals surface area contributed by atoms with Gasteiger partial charge in [0.15, 0.2) is 5.78 Å². The second-order valence-electron chi connectivity index (χ2n) is 5.05. The lowest BCUT2D eigenvalue weighted by Gasteiger charge is -1.94. The molecule has 114 valence electrons. The normalized spacial score (nSPS) is 11.0. The van der Waals surface area contributed by atoms with Crippen molar-refractivity contribution in [1.29, 1.82) is 0 Å². The molecule has 0 atom stereocenters. The van der Waals surface area contributed by atoms with Gasteiger partial charge in [-0.2, -0.15) is 0 Å². The molecule has 0 aliphatic carbocycles. The molecular weight excluding hydrogens is 326 g/mol. The van der Waals surface area contributed by atoms with Crippen molar-refractivity contribution in [2.45, 2.75) is 6.92 Å². The summed E-state index contributed by atoms with van der Waals surface area (Å²) in [6, 6.07) is 17.2. The van der Waals surface area contributed by atoms with Crippen LogP contribution in [0.25, 0.3) is 16.6 Å². The number of ketones is 1. The Kier molecular flexibility index (Phi) is 4.70. The third kappa shape index (κ3) is 3.76. The number of thiazole rings is 1. The van der Waals surface area contributed by atoms with E-state index in [1.165, 1.54) is 11.3 Å². The van der Waals surface area contributed by atoms with Gasteiger partial charge in [0.2, 0.25) is 0 Å². The van der Waals surface area contributed by atoms with Crippen LogP contribution in [0.2, 0.25) is 5.02 Å². The summed E-state index contributed by atoms with van der Waals surface area (Å²) in [5.41, 5.74) is 2.73. The highest BCUT2D eigenvalue weighted by Gasteiger charge is 2.13. The number of benzene rings is 2. The zero-order valence-corrected chi connectivity index (χ0v) is 14.1. The van der Waals surface area contributed by atoms with Crippen molar-refractivity contribution in [2.75, 3.05) is 0 Å². The highest BCUT2D eigenvalue weighted by Crippen LogP contribution is 2.28. The highest BCUT2D eigenvalue weighted by molar-refractivity contribution is 7.17. The van der Waals surface area contributed by atoms with Crippen molar-refractivity contribution in [2.24, 2.45) is 0 Å². The molecule has 0 unspecified atom stereocenters. The van der Waals surface area contributed by atoms with Crippen molar-refractivity contribution >= 4 is 34.8 Å². The lowest BCUT2D eigenvalue weighted by molar-refractivity contribution is 0.105. The summed E-state index contributed by atoms with van der Waals surface area (Å²) in [6.07, 6.45) is 3.37. The van der Waals surface area contributed by atoms with E-state index < -0.39 is 0 Å². The van der Waals surface area contributed by atoms with Gasteiger partial charge in [0.05, 0.1) is 10.6 Å². The predicted octanol–water partition coefficient (Wildman–Crippen LogP) is 5.67. The molecule has 3 rings (SSSR count). The Balaban J connectivity index is 1.83. The quantitative estimate of drug-likeness (QED) is 0.453. The number of halogens is 1. The Morgan fingerprint density at radius 3 is 2.48 bits per heavy atom. The summed E-state index contributed by atoms with van der Waals surface area (Å²) in [4.78, 5) is 17.6. The number of hydrogen-bond donors (Lipinski definition) is 0. The predicted molar refractivity (Wildman–Crippen MR) is 97.1 cm³/mol. The Morgan fingerprint density at radius 2 is 1.78 bits per heavy atom. The van der Waals surface area contributed by atoms with Crippen LogP contribution in [0.4, 0.5) is 0 Å². The van der Waals surface area contributed by atoms with Gasteiger partial charge in [-0.15, -0.1) is 11.3 Å². The number of hydrogen-bond acceptors (Lipinski definition) is 3. The van der Waals surface area contributed by atoms with Crippen molar-refractivity contribution in [3.8, 4) is 10.6 Å². The zero-order valence-electron chi connectivity index (χ0n) is 12.5. The van der Waals surface area contributed by atoms with E-state index in [0.717, 1.165) is 21.8 Å². The molecule has 0 spiro atoms. The SMILES string of the molecule is Cc1nc(-c2ccccc2)sc1C(=O)/C=C/c1ccc(Cl)cc1. The maximum Gasteiger partial charge on any atom is 0.197 e. The fourth-order valence-electron chi connectivity index (χ4n) is 2.15. The molecule has 0 aliphatic heterocycles. The number of rotatable bonds is 4. The van der Waals surface area contributed by atoms with E-state index in [1.54, 1.807) is 24.3 Å². The first-order valence-electron chi connectivity index (χ1n) is 7.14. The average Bonchev–Trinajstić information content (AvgIpc) is 2.97. The smallest absolute Gasteiger partial charge is 0.197 e. The number of aryl methyl sites for hydroxylation is 1. The summed E-state index contributed by atoms with van der Waals surface area (Å²) >= 11 is 7.28. The van der Waals surface area contributed by atoms with Crippen LogP contribution < -0.4 is 0 Å². The third-order valence-electron chi connectivity index (χ3n) is 3.34. The maximum atomic E-state index is 12.4. The minimum absolute atomic E-state index is 0.0304. The zero-order chi connectivity index (χ0) is 16.2. The fraction of sp³-hybridized carbons (Fsp3) is 0.0526. The Hall–Kier alpha value is -2.23. The molecule has 0 bridgehead atoms. The molecular formula is C19H14ClNOS. The van der Waals surface area contributed by atoms with Crippen LogP contribution in [0.15, 0.2) is 60.7 Å². The van der Waals surface area contributed by atoms with Gasteiger partial charge in [-0.25, -0.2) is 4.98 Å². The second kappa shape index (κ2) is 6.90. The topological polar surface area (TPSA) is 30.0 Å². The van der Waals surface area contributed by atoms with E-state index in [4.69, 9.17) is 11.6 Å². The Morgan fingerprint density at radius 1 is 1.09 bits per heavy atom. The van der Waals surface area contributed by atoms with Gasteiger partial charge in [-0.05, 0) is 30.7 Å². The fourth-order valence-corrected chi connectivity index (χ4v) is 3.27. The molecule has 0 fully saturated rings. The molecule has 0 radical (unpaired) electrons. The summed E-state index contributed by atoms with van der Waals surface area (Å²) in [5.74, 6) is -0.0304. The average molecular weight is 340 g/mol. The van der Waals surface area contributed by atoms with E-state index in [0.29, 0.717) is 9.90 Å². The molecule has 4 heteroatoms. The minimum Gasteiger partial charge on any atom is -0.288 e. The van der Waals surface area contributed by atoms with Crippen molar-refractivity contribution in [3.63, 3.8) is 0 Å². The monoisotopic (exact) mass is 339 g/mol. The van der Waals surface area contributed by atoms with E-state index in [2.05, 4.69) is 4.98 Å². The molecule has 3 aromatic rings. The lowest BCUT2D eigenvalue weighted by Crippen LogP contribution is -1.93. The number of allylic oxidation sites excluding steroid dienone is 1. The van der Waals surface area contributed by atoms with Gasteiger partial charge < -0.3 is 0 Å². The standard InChI is InChI=1S/C19H14ClNOS/c1-13-18(23-19(21-13)15-5-3-2-4-6-15)17(22)12-9-14-7-10-16(20)11-8-14/h2-12H,1H3/b12-9+. The first kappa shape index (κ1) is 15.7. The molecule has 2 aromatic carbocycles. The van der Waals surface area contributed by atoms with Crippen LogP contribution in [-0.2, 0) is 0 Å². The first-order valence-corrected chi connectivity index (χ1v) is 8.34. The lowest BCUT2D eigenvalue weighted by atomic mass is 10.2. The Bertz CT molecular complexity index is 851. The van der Waals surface area contributed by atoms with Crippen LogP contribution in [0.1, 0.15) is 20.9 Å². The number of aromatic nitrogens is 1. The molecule has 2 nitrogen and oxygen atoms in total. The summed E-state index contributed by atoms with van der Waals surface area (Å²) in [7, 11) is 0. The maximum absolute atomic E-state index is 12.4. The summed E-state index contributed by atoms with van der Waals surface area (Å²) < 4.78 is 0. The van der Waals surface area contributed by atoms with Crippen LogP contribution in [0.5, 0.6) is 0 Å². The van der Waals surface area contributed by atoms with Crippen molar-refractivity contribution < 1.29 is 4.79 Å². The molecule has 0 aliphatic rings. The molecule has 0 saturated heterocycles. The number of nitrogens with zero attached hydrogens (tertiary/aromatic N) is 1. The summed E-state index contributed by atoms with van der Waals surface area (Å²) in [6.45, 7) is 1.87. The van der Waals surface area contributed by atoms with Gasteiger partial charge in [0.1, 0.15) is 5.01 Å². The second-order valence-corrected chi connectivity index (χ2v) is 6.48. The van der Waals surface area contributed by atoms with Gasteiger partial charge in [-0.1, -0.05) is 60.1 Å². The molecule has 0 N–H and O–H groups in total. The Labute approximate surface area is 144 Å². The molecule has 1 heterocycles. The van der Waals surface area contributed by atoms with Crippen molar-refractivity contribution in [1.82, 2.24) is 4.98 Å². The number of carbonyl (C=O) groups is 1. The van der Waals surface area contributed by atoms with Crippen LogP contribution in [0.3, 0.4) is 0 Å².